The van der Waals surface area contributed by atoms with Gasteiger partial charge in [-0.25, -0.2) is 8.42 Å². The summed E-state index contributed by atoms with van der Waals surface area (Å²) in [6.07, 6.45) is 1.30. The molecule has 0 spiro atoms. The number of rotatable bonds is 6. The molecule has 1 atom stereocenters. The van der Waals surface area contributed by atoms with E-state index in [0.717, 1.165) is 16.5 Å². The normalized spacial score (nSPS) is 17.4. The number of carbonyl (C=O) groups is 1. The summed E-state index contributed by atoms with van der Waals surface area (Å²) in [6.45, 7) is 2.98. The molecule has 0 unspecified atom stereocenters. The summed E-state index contributed by atoms with van der Waals surface area (Å²) in [5, 5.41) is 5.02. The Morgan fingerprint density at radius 1 is 1.06 bits per heavy atom. The van der Waals surface area contributed by atoms with Crippen LogP contribution in [0.25, 0.3) is 10.8 Å². The summed E-state index contributed by atoms with van der Waals surface area (Å²) < 4.78 is 33.0. The average molecular weight is 439 g/mol. The second kappa shape index (κ2) is 9.08. The largest absolute Gasteiger partial charge is 0.494 e. The van der Waals surface area contributed by atoms with Crippen molar-refractivity contribution in [1.82, 2.24) is 4.31 Å². The number of nitrogens with zero attached hydrogens (tertiary/aromatic N) is 1. The highest BCUT2D eigenvalue weighted by Gasteiger charge is 2.33. The van der Waals surface area contributed by atoms with E-state index < -0.39 is 15.9 Å². The number of hydrogen-bond acceptors (Lipinski definition) is 4. The van der Waals surface area contributed by atoms with Crippen molar-refractivity contribution in [3.8, 4) is 5.75 Å². The topological polar surface area (TPSA) is 75.7 Å². The number of sulfonamides is 1. The number of piperidine rings is 1. The first-order valence-corrected chi connectivity index (χ1v) is 11.9. The van der Waals surface area contributed by atoms with Gasteiger partial charge in [-0.1, -0.05) is 36.4 Å². The Hall–Kier alpha value is -2.90. The van der Waals surface area contributed by atoms with Crippen molar-refractivity contribution in [1.29, 1.82) is 0 Å². The van der Waals surface area contributed by atoms with Crippen molar-refractivity contribution in [2.45, 2.75) is 24.7 Å². The summed E-state index contributed by atoms with van der Waals surface area (Å²) in [6, 6.07) is 20.1. The lowest BCUT2D eigenvalue weighted by molar-refractivity contribution is -0.120. The van der Waals surface area contributed by atoms with Gasteiger partial charge in [0, 0.05) is 24.2 Å². The summed E-state index contributed by atoms with van der Waals surface area (Å²) in [5.41, 5.74) is 0.745. The maximum absolute atomic E-state index is 13.1. The maximum Gasteiger partial charge on any atom is 0.243 e. The van der Waals surface area contributed by atoms with E-state index in [1.54, 1.807) is 24.3 Å². The zero-order valence-electron chi connectivity index (χ0n) is 17.5. The SMILES string of the molecule is CCOc1ccc(S(=O)(=O)N2CCC[C@H](C(=O)Nc3cccc4ccccc34)C2)cc1. The van der Waals surface area contributed by atoms with Gasteiger partial charge in [0.05, 0.1) is 17.4 Å². The molecule has 0 bridgehead atoms. The van der Waals surface area contributed by atoms with E-state index in [-0.39, 0.29) is 17.3 Å². The third-order valence-corrected chi connectivity index (χ3v) is 7.45. The molecule has 0 aliphatic carbocycles. The first-order chi connectivity index (χ1) is 15.0. The first kappa shape index (κ1) is 21.3. The van der Waals surface area contributed by atoms with E-state index in [2.05, 4.69) is 5.32 Å². The van der Waals surface area contributed by atoms with Crippen LogP contribution < -0.4 is 10.1 Å². The van der Waals surface area contributed by atoms with Crippen LogP contribution in [0.5, 0.6) is 5.75 Å². The third kappa shape index (κ3) is 4.57. The Labute approximate surface area is 182 Å². The molecule has 7 heteroatoms. The van der Waals surface area contributed by atoms with Crippen LogP contribution in [-0.2, 0) is 14.8 Å². The summed E-state index contributed by atoms with van der Waals surface area (Å²) in [5.74, 6) is 0.0839. The van der Waals surface area contributed by atoms with E-state index >= 15 is 0 Å². The summed E-state index contributed by atoms with van der Waals surface area (Å²) in [4.78, 5) is 13.2. The molecule has 0 radical (unpaired) electrons. The quantitative estimate of drug-likeness (QED) is 0.623. The van der Waals surface area contributed by atoms with Crippen LogP contribution in [0.15, 0.2) is 71.6 Å². The van der Waals surface area contributed by atoms with Crippen LogP contribution in [0.3, 0.4) is 0 Å². The van der Waals surface area contributed by atoms with Crippen molar-refractivity contribution in [2.24, 2.45) is 5.92 Å². The van der Waals surface area contributed by atoms with Gasteiger partial charge < -0.3 is 10.1 Å². The molecule has 1 fully saturated rings. The Morgan fingerprint density at radius 3 is 2.58 bits per heavy atom. The monoisotopic (exact) mass is 438 g/mol. The number of ether oxygens (including phenoxy) is 1. The fourth-order valence-electron chi connectivity index (χ4n) is 3.97. The van der Waals surface area contributed by atoms with Crippen LogP contribution in [0.4, 0.5) is 5.69 Å². The van der Waals surface area contributed by atoms with Crippen molar-refractivity contribution < 1.29 is 17.9 Å². The predicted octanol–water partition coefficient (Wildman–Crippen LogP) is 4.28. The van der Waals surface area contributed by atoms with E-state index in [1.807, 2.05) is 49.4 Å². The number of carbonyl (C=O) groups excluding carboxylic acids is 1. The van der Waals surface area contributed by atoms with Gasteiger partial charge in [-0.15, -0.1) is 0 Å². The molecule has 162 valence electrons. The Kier molecular flexibility index (Phi) is 6.25. The molecule has 3 aromatic carbocycles. The van der Waals surface area contributed by atoms with Crippen LogP contribution in [-0.4, -0.2) is 38.3 Å². The highest BCUT2D eigenvalue weighted by Crippen LogP contribution is 2.28. The number of amides is 1. The zero-order valence-corrected chi connectivity index (χ0v) is 18.3. The van der Waals surface area contributed by atoms with Gasteiger partial charge in [-0.3, -0.25) is 4.79 Å². The predicted molar refractivity (Wildman–Crippen MR) is 122 cm³/mol. The minimum Gasteiger partial charge on any atom is -0.494 e. The maximum atomic E-state index is 13.1. The van der Waals surface area contributed by atoms with Gasteiger partial charge >= 0.3 is 0 Å². The summed E-state index contributed by atoms with van der Waals surface area (Å²) >= 11 is 0. The molecule has 0 aromatic heterocycles. The van der Waals surface area contributed by atoms with Crippen LogP contribution in [0.1, 0.15) is 19.8 Å². The number of fused-ring (bicyclic) bond motifs is 1. The standard InChI is InChI=1S/C24H26N2O4S/c1-2-30-20-12-14-21(15-13-20)31(28,29)26-16-6-9-19(17-26)24(27)25-23-11-5-8-18-7-3-4-10-22(18)23/h3-5,7-8,10-15,19H,2,6,9,16-17H2,1H3,(H,25,27)/t19-/m0/s1. The molecular weight excluding hydrogens is 412 g/mol. The van der Waals surface area contributed by atoms with Crippen molar-refractivity contribution in [2.75, 3.05) is 25.0 Å². The Morgan fingerprint density at radius 2 is 1.81 bits per heavy atom. The minimum atomic E-state index is -3.67. The van der Waals surface area contributed by atoms with E-state index in [0.29, 0.717) is 31.7 Å². The Balaban J connectivity index is 1.49. The molecular formula is C24H26N2O4S. The lowest BCUT2D eigenvalue weighted by Gasteiger charge is -2.31. The lowest BCUT2D eigenvalue weighted by Crippen LogP contribution is -2.43. The van der Waals surface area contributed by atoms with Crippen LogP contribution in [0, 0.1) is 5.92 Å². The fourth-order valence-corrected chi connectivity index (χ4v) is 5.49. The minimum absolute atomic E-state index is 0.150. The second-order valence-corrected chi connectivity index (χ2v) is 9.56. The number of hydrogen-bond donors (Lipinski definition) is 1. The van der Waals surface area contributed by atoms with E-state index in [1.165, 1.54) is 4.31 Å². The molecule has 4 rings (SSSR count). The van der Waals surface area contributed by atoms with E-state index in [4.69, 9.17) is 4.74 Å². The number of nitrogens with one attached hydrogen (secondary N) is 1. The average Bonchev–Trinajstić information content (AvgIpc) is 2.80. The molecule has 31 heavy (non-hydrogen) atoms. The van der Waals surface area contributed by atoms with Gasteiger partial charge in [0.15, 0.2) is 0 Å². The van der Waals surface area contributed by atoms with Crippen LogP contribution in [0.2, 0.25) is 0 Å². The number of benzene rings is 3. The highest BCUT2D eigenvalue weighted by molar-refractivity contribution is 7.89. The lowest BCUT2D eigenvalue weighted by atomic mass is 9.98. The van der Waals surface area contributed by atoms with Crippen molar-refractivity contribution in [3.63, 3.8) is 0 Å². The van der Waals surface area contributed by atoms with Crippen molar-refractivity contribution in [3.05, 3.63) is 66.7 Å². The van der Waals surface area contributed by atoms with Gasteiger partial charge in [-0.05, 0) is 55.5 Å². The van der Waals surface area contributed by atoms with Gasteiger partial charge in [0.2, 0.25) is 15.9 Å². The van der Waals surface area contributed by atoms with Gasteiger partial charge in [-0.2, -0.15) is 4.31 Å². The van der Waals surface area contributed by atoms with Gasteiger partial charge in [0.25, 0.3) is 0 Å². The van der Waals surface area contributed by atoms with Crippen LogP contribution >= 0.6 is 0 Å². The smallest absolute Gasteiger partial charge is 0.243 e. The first-order valence-electron chi connectivity index (χ1n) is 10.5. The molecule has 1 saturated heterocycles. The molecule has 1 N–H and O–H groups in total. The zero-order chi connectivity index (χ0) is 21.8. The summed E-state index contributed by atoms with van der Waals surface area (Å²) in [7, 11) is -3.67. The molecule has 1 heterocycles. The second-order valence-electron chi connectivity index (χ2n) is 7.62. The molecule has 1 aliphatic heterocycles. The van der Waals surface area contributed by atoms with Crippen molar-refractivity contribution >= 4 is 32.4 Å². The Bertz CT molecular complexity index is 1170. The molecule has 1 aliphatic rings. The van der Waals surface area contributed by atoms with Gasteiger partial charge in [0.1, 0.15) is 5.75 Å². The number of anilines is 1. The molecule has 3 aromatic rings. The molecule has 6 nitrogen and oxygen atoms in total. The fraction of sp³-hybridized carbons (Fsp3) is 0.292. The molecule has 0 saturated carbocycles. The van der Waals surface area contributed by atoms with E-state index in [9.17, 15) is 13.2 Å². The third-order valence-electron chi connectivity index (χ3n) is 5.57. The molecule has 1 amide bonds. The highest BCUT2D eigenvalue weighted by atomic mass is 32.2.